The molecule has 0 radical (unpaired) electrons. The van der Waals surface area contributed by atoms with Crippen LogP contribution in [0.1, 0.15) is 26.2 Å². The van der Waals surface area contributed by atoms with E-state index in [2.05, 4.69) is 16.5 Å². The highest BCUT2D eigenvalue weighted by Gasteiger charge is 2.15. The van der Waals surface area contributed by atoms with Crippen LogP contribution in [-0.2, 0) is 10.0 Å². The van der Waals surface area contributed by atoms with Crippen molar-refractivity contribution in [2.24, 2.45) is 5.92 Å². The van der Waals surface area contributed by atoms with Gasteiger partial charge >= 0.3 is 0 Å². The van der Waals surface area contributed by atoms with Gasteiger partial charge in [0, 0.05) is 13.1 Å². The summed E-state index contributed by atoms with van der Waals surface area (Å²) in [5, 5.41) is -0.358. The van der Waals surface area contributed by atoms with Crippen LogP contribution >= 0.6 is 11.6 Å². The Bertz CT molecular complexity index is 289. The molecule has 1 atom stereocenters. The number of sulfonamides is 1. The highest BCUT2D eigenvalue weighted by atomic mass is 35.5. The number of hydrogen-bond donors (Lipinski definition) is 1. The largest absolute Gasteiger partial charge is 0.303 e. The zero-order valence-electron chi connectivity index (χ0n) is 9.78. The van der Waals surface area contributed by atoms with E-state index < -0.39 is 10.0 Å². The quantitative estimate of drug-likeness (QED) is 0.737. The monoisotopic (exact) mass is 268 g/mol. The third-order valence-electron chi connectivity index (χ3n) is 2.81. The molecule has 6 heteroatoms. The third-order valence-corrected chi connectivity index (χ3v) is 4.57. The fraction of sp³-hybridized carbons (Fsp3) is 1.00. The van der Waals surface area contributed by atoms with E-state index >= 15 is 0 Å². The summed E-state index contributed by atoms with van der Waals surface area (Å²) in [5.41, 5.74) is 0. The number of nitrogens with zero attached hydrogens (tertiary/aromatic N) is 1. The van der Waals surface area contributed by atoms with E-state index in [1.165, 1.54) is 19.3 Å². The molecule has 96 valence electrons. The minimum absolute atomic E-state index is 0.330. The summed E-state index contributed by atoms with van der Waals surface area (Å²) in [4.78, 5) is 2.41. The molecule has 0 saturated carbocycles. The Labute approximate surface area is 103 Å². The summed E-state index contributed by atoms with van der Waals surface area (Å²) in [7, 11) is -3.26. The van der Waals surface area contributed by atoms with Crippen molar-refractivity contribution in [2.75, 3.05) is 31.4 Å². The smallest absolute Gasteiger partial charge is 0.225 e. The maximum atomic E-state index is 11.1. The van der Waals surface area contributed by atoms with E-state index in [0.29, 0.717) is 12.5 Å². The molecule has 1 aliphatic rings. The molecule has 0 aromatic rings. The summed E-state index contributed by atoms with van der Waals surface area (Å²) in [6.07, 6.45) is 3.85. The van der Waals surface area contributed by atoms with Gasteiger partial charge in [-0.2, -0.15) is 0 Å². The maximum absolute atomic E-state index is 11.1. The zero-order valence-corrected chi connectivity index (χ0v) is 11.4. The molecule has 0 bridgehead atoms. The van der Waals surface area contributed by atoms with Gasteiger partial charge in [0.25, 0.3) is 0 Å². The van der Waals surface area contributed by atoms with E-state index in [-0.39, 0.29) is 5.21 Å². The van der Waals surface area contributed by atoms with Gasteiger partial charge in [0.15, 0.2) is 0 Å². The van der Waals surface area contributed by atoms with Crippen molar-refractivity contribution in [3.05, 3.63) is 0 Å². The second kappa shape index (κ2) is 6.79. The highest BCUT2D eigenvalue weighted by Crippen LogP contribution is 2.10. The molecule has 0 aliphatic carbocycles. The molecule has 1 N–H and O–H groups in total. The Hall–Kier alpha value is 0.160. The second-order valence-electron chi connectivity index (χ2n) is 4.54. The number of likely N-dealkylation sites (tertiary alicyclic amines) is 1. The van der Waals surface area contributed by atoms with Crippen LogP contribution in [0.3, 0.4) is 0 Å². The van der Waals surface area contributed by atoms with Gasteiger partial charge in [-0.15, -0.1) is 11.6 Å². The minimum Gasteiger partial charge on any atom is -0.303 e. The first-order chi connectivity index (χ1) is 7.53. The second-order valence-corrected chi connectivity index (χ2v) is 6.93. The molecular weight excluding hydrogens is 248 g/mol. The van der Waals surface area contributed by atoms with Gasteiger partial charge in [-0.3, -0.25) is 0 Å². The first-order valence-electron chi connectivity index (χ1n) is 5.79. The number of halogens is 1. The zero-order chi connectivity index (χ0) is 12.0. The molecule has 1 aliphatic heterocycles. The van der Waals surface area contributed by atoms with Gasteiger partial charge in [0.1, 0.15) is 5.21 Å². The molecule has 1 heterocycles. The van der Waals surface area contributed by atoms with Gasteiger partial charge in [-0.05, 0) is 31.8 Å². The highest BCUT2D eigenvalue weighted by molar-refractivity contribution is 7.90. The number of piperidine rings is 1. The lowest BCUT2D eigenvalue weighted by atomic mass is 10.1. The molecule has 0 amide bonds. The number of alkyl halides is 1. The van der Waals surface area contributed by atoms with Crippen molar-refractivity contribution in [1.29, 1.82) is 0 Å². The van der Waals surface area contributed by atoms with E-state index in [1.807, 2.05) is 0 Å². The number of hydrogen-bond acceptors (Lipinski definition) is 3. The summed E-state index contributed by atoms with van der Waals surface area (Å²) < 4.78 is 24.8. The number of rotatable bonds is 6. The lowest BCUT2D eigenvalue weighted by Crippen LogP contribution is -2.38. The molecule has 0 spiro atoms. The normalized spacial score (nSPS) is 20.9. The van der Waals surface area contributed by atoms with E-state index in [4.69, 9.17) is 11.6 Å². The van der Waals surface area contributed by atoms with Crippen molar-refractivity contribution >= 4 is 21.6 Å². The fourth-order valence-corrected chi connectivity index (χ4v) is 2.80. The van der Waals surface area contributed by atoms with Crippen LogP contribution in [0.15, 0.2) is 0 Å². The van der Waals surface area contributed by atoms with Gasteiger partial charge in [-0.1, -0.05) is 13.3 Å². The minimum atomic E-state index is -3.26. The predicted octanol–water partition coefficient (Wildman–Crippen LogP) is 1.22. The first kappa shape index (κ1) is 14.2. The molecule has 0 aromatic carbocycles. The van der Waals surface area contributed by atoms with Crippen LogP contribution < -0.4 is 4.72 Å². The van der Waals surface area contributed by atoms with E-state index in [0.717, 1.165) is 19.6 Å². The van der Waals surface area contributed by atoms with Crippen LogP contribution in [-0.4, -0.2) is 44.7 Å². The standard InChI is InChI=1S/C10H21ClN2O2S/c1-10(7-12-16(14,15)9-11)8-13-5-3-2-4-6-13/h10,12H,2-9H2,1H3. The topological polar surface area (TPSA) is 49.4 Å². The lowest BCUT2D eigenvalue weighted by Gasteiger charge is -2.29. The Kier molecular flexibility index (Phi) is 6.03. The van der Waals surface area contributed by atoms with Crippen molar-refractivity contribution in [2.45, 2.75) is 26.2 Å². The summed E-state index contributed by atoms with van der Waals surface area (Å²) in [6.45, 7) is 5.79. The predicted molar refractivity (Wildman–Crippen MR) is 67.1 cm³/mol. The summed E-state index contributed by atoms with van der Waals surface area (Å²) >= 11 is 5.31. The molecule has 16 heavy (non-hydrogen) atoms. The first-order valence-corrected chi connectivity index (χ1v) is 7.98. The summed E-state index contributed by atoms with van der Waals surface area (Å²) in [5.74, 6) is 0.330. The van der Waals surface area contributed by atoms with Crippen molar-refractivity contribution in [3.63, 3.8) is 0 Å². The molecule has 1 unspecified atom stereocenters. The van der Waals surface area contributed by atoms with Crippen molar-refractivity contribution in [3.8, 4) is 0 Å². The Morgan fingerprint density at radius 2 is 1.94 bits per heavy atom. The molecule has 0 aromatic heterocycles. The van der Waals surface area contributed by atoms with Crippen LogP contribution in [0.2, 0.25) is 0 Å². The molecule has 4 nitrogen and oxygen atoms in total. The van der Waals surface area contributed by atoms with Gasteiger partial charge in [0.2, 0.25) is 10.0 Å². The SMILES string of the molecule is CC(CNS(=O)(=O)CCl)CN1CCCCC1. The van der Waals surface area contributed by atoms with Crippen LogP contribution in [0.4, 0.5) is 0 Å². The average molecular weight is 269 g/mol. The van der Waals surface area contributed by atoms with Gasteiger partial charge in [0.05, 0.1) is 0 Å². The van der Waals surface area contributed by atoms with Crippen LogP contribution in [0, 0.1) is 5.92 Å². The fourth-order valence-electron chi connectivity index (χ4n) is 1.96. The molecule has 1 saturated heterocycles. The Morgan fingerprint density at radius 3 is 2.50 bits per heavy atom. The third kappa shape index (κ3) is 5.48. The molecular formula is C10H21ClN2O2S. The Morgan fingerprint density at radius 1 is 1.31 bits per heavy atom. The summed E-state index contributed by atoms with van der Waals surface area (Å²) in [6, 6.07) is 0. The van der Waals surface area contributed by atoms with Crippen LogP contribution in [0.5, 0.6) is 0 Å². The van der Waals surface area contributed by atoms with E-state index in [1.54, 1.807) is 0 Å². The molecule has 1 rings (SSSR count). The Balaban J connectivity index is 2.22. The van der Waals surface area contributed by atoms with Crippen molar-refractivity contribution in [1.82, 2.24) is 9.62 Å². The van der Waals surface area contributed by atoms with Crippen LogP contribution in [0.25, 0.3) is 0 Å². The van der Waals surface area contributed by atoms with Gasteiger partial charge < -0.3 is 4.90 Å². The van der Waals surface area contributed by atoms with Crippen molar-refractivity contribution < 1.29 is 8.42 Å². The average Bonchev–Trinajstić information content (AvgIpc) is 2.28. The van der Waals surface area contributed by atoms with Gasteiger partial charge in [-0.25, -0.2) is 13.1 Å². The lowest BCUT2D eigenvalue weighted by molar-refractivity contribution is 0.201. The maximum Gasteiger partial charge on any atom is 0.225 e. The molecule has 1 fully saturated rings. The van der Waals surface area contributed by atoms with E-state index in [9.17, 15) is 8.42 Å². The number of nitrogens with one attached hydrogen (secondary N) is 1.